The van der Waals surface area contributed by atoms with Gasteiger partial charge in [-0.05, 0) is 17.7 Å². The first kappa shape index (κ1) is 21.9. The summed E-state index contributed by atoms with van der Waals surface area (Å²) in [5, 5.41) is 6.65. The van der Waals surface area contributed by atoms with Gasteiger partial charge in [-0.25, -0.2) is 4.98 Å². The number of fused-ring (bicyclic) bond motifs is 1. The number of para-hydroxylation sites is 2. The van der Waals surface area contributed by atoms with E-state index in [4.69, 9.17) is 14.2 Å². The van der Waals surface area contributed by atoms with Crippen molar-refractivity contribution in [2.45, 2.75) is 12.5 Å². The molecule has 2 aromatic carbocycles. The fraction of sp³-hybridized carbons (Fsp3) is 0.250. The summed E-state index contributed by atoms with van der Waals surface area (Å²) < 4.78 is 16.3. The number of nitrogens with one attached hydrogen (secondary N) is 2. The van der Waals surface area contributed by atoms with Gasteiger partial charge in [0.1, 0.15) is 10.7 Å². The van der Waals surface area contributed by atoms with Gasteiger partial charge in [-0.15, -0.1) is 11.3 Å². The molecule has 0 aliphatic rings. The van der Waals surface area contributed by atoms with Crippen LogP contribution in [0.25, 0.3) is 10.9 Å². The molecule has 0 aliphatic carbocycles. The van der Waals surface area contributed by atoms with E-state index in [0.29, 0.717) is 30.3 Å². The standard InChI is InChI=1S/C24H25N3O4S/c1-29-13-22-27-20(14-32-22)24(28)26-12-18(16-8-6-10-21(30-2)23(16)31-3)17-11-25-19-9-5-4-7-15(17)19/h4-11,14,18,25H,12-13H2,1-3H3,(H,26,28). The highest BCUT2D eigenvalue weighted by molar-refractivity contribution is 7.09. The van der Waals surface area contributed by atoms with Crippen LogP contribution >= 0.6 is 11.3 Å². The molecule has 2 heterocycles. The van der Waals surface area contributed by atoms with E-state index in [0.717, 1.165) is 27.0 Å². The van der Waals surface area contributed by atoms with Crippen LogP contribution in [-0.4, -0.2) is 43.7 Å². The Kier molecular flexibility index (Phi) is 6.72. The van der Waals surface area contributed by atoms with Crippen molar-refractivity contribution in [3.8, 4) is 11.5 Å². The number of aromatic amines is 1. The van der Waals surface area contributed by atoms with Crippen molar-refractivity contribution in [1.82, 2.24) is 15.3 Å². The number of methoxy groups -OCH3 is 3. The number of ether oxygens (including phenoxy) is 3. The topological polar surface area (TPSA) is 85.5 Å². The van der Waals surface area contributed by atoms with Gasteiger partial charge in [-0.2, -0.15) is 0 Å². The van der Waals surface area contributed by atoms with Gasteiger partial charge >= 0.3 is 0 Å². The molecule has 0 saturated heterocycles. The van der Waals surface area contributed by atoms with Crippen molar-refractivity contribution in [2.75, 3.05) is 27.9 Å². The summed E-state index contributed by atoms with van der Waals surface area (Å²) in [4.78, 5) is 20.5. The molecule has 1 amide bonds. The summed E-state index contributed by atoms with van der Waals surface area (Å²) in [6.07, 6.45) is 1.99. The van der Waals surface area contributed by atoms with E-state index < -0.39 is 0 Å². The summed E-state index contributed by atoms with van der Waals surface area (Å²) >= 11 is 1.41. The molecule has 4 rings (SSSR count). The normalized spacial score (nSPS) is 12.0. The lowest BCUT2D eigenvalue weighted by atomic mass is 9.89. The molecule has 2 aromatic heterocycles. The molecule has 0 spiro atoms. The van der Waals surface area contributed by atoms with Crippen molar-refractivity contribution < 1.29 is 19.0 Å². The van der Waals surface area contributed by atoms with Crippen LogP contribution in [0.5, 0.6) is 11.5 Å². The number of hydrogen-bond acceptors (Lipinski definition) is 6. The van der Waals surface area contributed by atoms with Gasteiger partial charge in [0.05, 0.1) is 20.8 Å². The second kappa shape index (κ2) is 9.84. The van der Waals surface area contributed by atoms with Crippen molar-refractivity contribution >= 4 is 28.1 Å². The molecule has 4 aromatic rings. The van der Waals surface area contributed by atoms with Crippen LogP contribution in [0.4, 0.5) is 0 Å². The molecule has 0 bridgehead atoms. The van der Waals surface area contributed by atoms with E-state index in [2.05, 4.69) is 21.4 Å². The number of benzene rings is 2. The zero-order valence-corrected chi connectivity index (χ0v) is 19.0. The molecule has 1 unspecified atom stereocenters. The number of H-pyrrole nitrogens is 1. The molecule has 8 heteroatoms. The average Bonchev–Trinajstić information content (AvgIpc) is 3.47. The monoisotopic (exact) mass is 451 g/mol. The van der Waals surface area contributed by atoms with E-state index >= 15 is 0 Å². The van der Waals surface area contributed by atoms with E-state index in [-0.39, 0.29) is 11.8 Å². The molecule has 2 N–H and O–H groups in total. The van der Waals surface area contributed by atoms with E-state index in [1.54, 1.807) is 26.7 Å². The Hall–Kier alpha value is -3.36. The summed E-state index contributed by atoms with van der Waals surface area (Å²) in [6.45, 7) is 0.748. The highest BCUT2D eigenvalue weighted by Gasteiger charge is 2.24. The quantitative estimate of drug-likeness (QED) is 0.395. The fourth-order valence-electron chi connectivity index (χ4n) is 3.85. The van der Waals surface area contributed by atoms with Gasteiger partial charge < -0.3 is 24.5 Å². The van der Waals surface area contributed by atoms with Gasteiger partial charge in [0.15, 0.2) is 11.5 Å². The molecule has 32 heavy (non-hydrogen) atoms. The third kappa shape index (κ3) is 4.32. The summed E-state index contributed by atoms with van der Waals surface area (Å²) in [5.74, 6) is 0.896. The minimum Gasteiger partial charge on any atom is -0.493 e. The van der Waals surface area contributed by atoms with E-state index in [1.165, 1.54) is 11.3 Å². The SMILES string of the molecule is COCc1nc(C(=O)NCC(c2cccc(OC)c2OC)c2c[nH]c3ccccc23)cs1. The number of carbonyl (C=O) groups is 1. The van der Waals surface area contributed by atoms with Crippen molar-refractivity contribution in [1.29, 1.82) is 0 Å². The number of amides is 1. The zero-order chi connectivity index (χ0) is 22.5. The van der Waals surface area contributed by atoms with Crippen LogP contribution < -0.4 is 14.8 Å². The van der Waals surface area contributed by atoms with E-state index in [9.17, 15) is 4.79 Å². The molecule has 0 radical (unpaired) electrons. The Bertz CT molecular complexity index is 1220. The van der Waals surface area contributed by atoms with Crippen molar-refractivity contribution in [3.05, 3.63) is 75.9 Å². The maximum absolute atomic E-state index is 12.8. The summed E-state index contributed by atoms with van der Waals surface area (Å²) in [5.41, 5.74) is 3.41. The largest absolute Gasteiger partial charge is 0.493 e. The predicted octanol–water partition coefficient (Wildman–Crippen LogP) is 4.35. The summed E-state index contributed by atoms with van der Waals surface area (Å²) in [6, 6.07) is 13.9. The van der Waals surface area contributed by atoms with Crippen molar-refractivity contribution in [3.63, 3.8) is 0 Å². The van der Waals surface area contributed by atoms with E-state index in [1.807, 2.05) is 42.6 Å². The van der Waals surface area contributed by atoms with Gasteiger partial charge in [0, 0.05) is 47.6 Å². The lowest BCUT2D eigenvalue weighted by molar-refractivity contribution is 0.0947. The molecular formula is C24H25N3O4S. The average molecular weight is 452 g/mol. The van der Waals surface area contributed by atoms with Gasteiger partial charge in [-0.1, -0.05) is 30.3 Å². The first-order chi connectivity index (χ1) is 15.7. The Morgan fingerprint density at radius 2 is 1.94 bits per heavy atom. The first-order valence-corrected chi connectivity index (χ1v) is 11.0. The number of nitrogens with zero attached hydrogens (tertiary/aromatic N) is 1. The number of hydrogen-bond donors (Lipinski definition) is 2. The number of carbonyl (C=O) groups excluding carboxylic acids is 1. The van der Waals surface area contributed by atoms with Crippen LogP contribution in [-0.2, 0) is 11.3 Å². The zero-order valence-electron chi connectivity index (χ0n) is 18.2. The van der Waals surface area contributed by atoms with Gasteiger partial charge in [-0.3, -0.25) is 4.79 Å². The lowest BCUT2D eigenvalue weighted by Gasteiger charge is -2.21. The van der Waals surface area contributed by atoms with Crippen LogP contribution in [0, 0.1) is 0 Å². The molecule has 166 valence electrons. The highest BCUT2D eigenvalue weighted by Crippen LogP contribution is 2.40. The maximum atomic E-state index is 12.8. The fourth-order valence-corrected chi connectivity index (χ4v) is 4.59. The first-order valence-electron chi connectivity index (χ1n) is 10.1. The second-order valence-electron chi connectivity index (χ2n) is 7.19. The third-order valence-electron chi connectivity index (χ3n) is 5.32. The third-order valence-corrected chi connectivity index (χ3v) is 6.15. The molecule has 0 fully saturated rings. The van der Waals surface area contributed by atoms with Crippen molar-refractivity contribution in [2.24, 2.45) is 0 Å². The minimum absolute atomic E-state index is 0.169. The van der Waals surface area contributed by atoms with Crippen LogP contribution in [0.3, 0.4) is 0 Å². The molecule has 0 saturated carbocycles. The van der Waals surface area contributed by atoms with Gasteiger partial charge in [0.2, 0.25) is 0 Å². The Balaban J connectivity index is 1.69. The lowest BCUT2D eigenvalue weighted by Crippen LogP contribution is -2.29. The van der Waals surface area contributed by atoms with Crippen LogP contribution in [0.2, 0.25) is 0 Å². The predicted molar refractivity (Wildman–Crippen MR) is 125 cm³/mol. The maximum Gasteiger partial charge on any atom is 0.270 e. The Morgan fingerprint density at radius 3 is 2.72 bits per heavy atom. The summed E-state index contributed by atoms with van der Waals surface area (Å²) in [7, 11) is 4.84. The number of aromatic nitrogens is 2. The molecule has 0 aliphatic heterocycles. The molecular weight excluding hydrogens is 426 g/mol. The highest BCUT2D eigenvalue weighted by atomic mass is 32.1. The van der Waals surface area contributed by atoms with Gasteiger partial charge in [0.25, 0.3) is 5.91 Å². The second-order valence-corrected chi connectivity index (χ2v) is 8.14. The Morgan fingerprint density at radius 1 is 1.09 bits per heavy atom. The molecule has 7 nitrogen and oxygen atoms in total. The molecule has 1 atom stereocenters. The minimum atomic E-state index is -0.227. The Labute approximate surface area is 190 Å². The van der Waals surface area contributed by atoms with Crippen LogP contribution in [0.1, 0.15) is 32.5 Å². The smallest absolute Gasteiger partial charge is 0.270 e. The van der Waals surface area contributed by atoms with Crippen LogP contribution in [0.15, 0.2) is 54.0 Å². The number of rotatable bonds is 9. The number of thiazole rings is 1.